The van der Waals surface area contributed by atoms with Crippen LogP contribution in [0.1, 0.15) is 16.8 Å². The van der Waals surface area contributed by atoms with Gasteiger partial charge in [0.1, 0.15) is 11.2 Å². The van der Waals surface area contributed by atoms with Crippen molar-refractivity contribution in [2.45, 2.75) is 25.4 Å². The first-order chi connectivity index (χ1) is 17.1. The number of hydrogen-bond acceptors (Lipinski definition) is 5. The first kappa shape index (κ1) is 24.2. The molecule has 1 amide bonds. The fourth-order valence-corrected chi connectivity index (χ4v) is 3.91. The average molecular weight is 488 g/mol. The predicted molar refractivity (Wildman–Crippen MR) is 138 cm³/mol. The third kappa shape index (κ3) is 7.01. The van der Waals surface area contributed by atoms with Gasteiger partial charge in [0.15, 0.2) is 5.82 Å². The summed E-state index contributed by atoms with van der Waals surface area (Å²) in [4.78, 5) is 34.8. The van der Waals surface area contributed by atoms with Gasteiger partial charge in [-0.2, -0.15) is 0 Å². The number of anilines is 1. The Bertz CT molecular complexity index is 1300. The van der Waals surface area contributed by atoms with Gasteiger partial charge in [-0.15, -0.1) is 0 Å². The van der Waals surface area contributed by atoms with E-state index in [9.17, 15) is 9.59 Å². The third-order valence-corrected chi connectivity index (χ3v) is 5.64. The van der Waals surface area contributed by atoms with Gasteiger partial charge < -0.3 is 15.2 Å². The lowest BCUT2D eigenvalue weighted by molar-refractivity contribution is -0.121. The van der Waals surface area contributed by atoms with Crippen molar-refractivity contribution in [2.75, 3.05) is 11.9 Å². The molecule has 1 atom stereocenters. The SMILES string of the molecule is O=C(NCCc1ccccn1)C(Cc1ccccc1)Nc1nc(Cl)cn(Cc2ccccc2)c1=O. The topological polar surface area (TPSA) is 88.9 Å². The molecule has 0 aliphatic rings. The summed E-state index contributed by atoms with van der Waals surface area (Å²) in [6.07, 6.45) is 4.20. The van der Waals surface area contributed by atoms with Crippen LogP contribution in [0.2, 0.25) is 5.15 Å². The molecule has 178 valence electrons. The van der Waals surface area contributed by atoms with Gasteiger partial charge in [0.2, 0.25) is 5.91 Å². The van der Waals surface area contributed by atoms with Gasteiger partial charge >= 0.3 is 0 Å². The molecule has 1 unspecified atom stereocenters. The average Bonchev–Trinajstić information content (AvgIpc) is 2.88. The molecule has 0 saturated heterocycles. The van der Waals surface area contributed by atoms with E-state index in [1.807, 2.05) is 78.9 Å². The first-order valence-corrected chi connectivity index (χ1v) is 11.8. The Morgan fingerprint density at radius 2 is 1.63 bits per heavy atom. The van der Waals surface area contributed by atoms with Gasteiger partial charge in [0.25, 0.3) is 5.56 Å². The summed E-state index contributed by atoms with van der Waals surface area (Å²) in [6.45, 7) is 0.764. The van der Waals surface area contributed by atoms with Crippen LogP contribution in [0.15, 0.2) is 96.1 Å². The summed E-state index contributed by atoms with van der Waals surface area (Å²) in [5.41, 5.74) is 2.45. The lowest BCUT2D eigenvalue weighted by Gasteiger charge is -2.20. The predicted octanol–water partition coefficient (Wildman–Crippen LogP) is 3.72. The van der Waals surface area contributed by atoms with Crippen LogP contribution >= 0.6 is 11.6 Å². The van der Waals surface area contributed by atoms with Crippen LogP contribution in [0.4, 0.5) is 5.82 Å². The van der Waals surface area contributed by atoms with Gasteiger partial charge in [-0.3, -0.25) is 14.6 Å². The van der Waals surface area contributed by atoms with Crippen LogP contribution < -0.4 is 16.2 Å². The molecule has 0 aliphatic carbocycles. The number of nitrogens with one attached hydrogen (secondary N) is 2. The Balaban J connectivity index is 1.53. The number of halogens is 1. The second kappa shape index (κ2) is 11.9. The lowest BCUT2D eigenvalue weighted by atomic mass is 10.1. The van der Waals surface area contributed by atoms with Gasteiger partial charge in [-0.25, -0.2) is 4.98 Å². The molecule has 2 aromatic heterocycles. The standard InChI is InChI=1S/C27H26ClN5O2/c28-24-19-33(18-21-11-5-2-6-12-21)27(35)25(32-24)31-23(17-20-9-3-1-4-10-20)26(34)30-16-14-22-13-7-8-15-29-22/h1-13,15,19,23H,14,16-18H2,(H,30,34)(H,31,32). The molecule has 0 bridgehead atoms. The summed E-state index contributed by atoms with van der Waals surface area (Å²) in [5.74, 6) is -0.199. The van der Waals surface area contributed by atoms with E-state index >= 15 is 0 Å². The van der Waals surface area contributed by atoms with Crippen molar-refractivity contribution >= 4 is 23.3 Å². The molecule has 0 spiro atoms. The highest BCUT2D eigenvalue weighted by Gasteiger charge is 2.21. The minimum absolute atomic E-state index is 0.0363. The maximum absolute atomic E-state index is 13.2. The smallest absolute Gasteiger partial charge is 0.293 e. The van der Waals surface area contributed by atoms with Gasteiger partial charge in [-0.05, 0) is 23.3 Å². The van der Waals surface area contributed by atoms with E-state index in [-0.39, 0.29) is 22.4 Å². The van der Waals surface area contributed by atoms with E-state index in [1.54, 1.807) is 6.20 Å². The molecule has 0 fully saturated rings. The number of carbonyl (C=O) groups excluding carboxylic acids is 1. The van der Waals surface area contributed by atoms with E-state index in [1.165, 1.54) is 10.8 Å². The number of hydrogen-bond donors (Lipinski definition) is 2. The molecular weight excluding hydrogens is 462 g/mol. The molecule has 0 saturated carbocycles. The Morgan fingerprint density at radius 1 is 0.943 bits per heavy atom. The second-order valence-corrected chi connectivity index (χ2v) is 8.47. The molecule has 8 heteroatoms. The van der Waals surface area contributed by atoms with E-state index < -0.39 is 6.04 Å². The van der Waals surface area contributed by atoms with E-state index in [4.69, 9.17) is 11.6 Å². The number of rotatable bonds is 10. The number of amides is 1. The van der Waals surface area contributed by atoms with Gasteiger partial charge in [0.05, 0.1) is 6.54 Å². The molecule has 2 N–H and O–H groups in total. The number of benzene rings is 2. The van der Waals surface area contributed by atoms with Crippen molar-refractivity contribution in [2.24, 2.45) is 0 Å². The normalized spacial score (nSPS) is 11.6. The zero-order valence-electron chi connectivity index (χ0n) is 19.1. The van der Waals surface area contributed by atoms with E-state index in [0.717, 1.165) is 16.8 Å². The number of aromatic nitrogens is 3. The van der Waals surface area contributed by atoms with Crippen molar-refractivity contribution in [3.8, 4) is 0 Å². The van der Waals surface area contributed by atoms with Crippen LogP contribution in [-0.4, -0.2) is 33.0 Å². The summed E-state index contributed by atoms with van der Waals surface area (Å²) < 4.78 is 1.49. The monoisotopic (exact) mass is 487 g/mol. The molecular formula is C27H26ClN5O2. The fraction of sp³-hybridized carbons (Fsp3) is 0.185. The number of pyridine rings is 1. The number of nitrogens with zero attached hydrogens (tertiary/aromatic N) is 3. The highest BCUT2D eigenvalue weighted by Crippen LogP contribution is 2.12. The summed E-state index contributed by atoms with van der Waals surface area (Å²) in [7, 11) is 0. The fourth-order valence-electron chi connectivity index (χ4n) is 3.71. The van der Waals surface area contributed by atoms with Crippen molar-refractivity contribution in [1.82, 2.24) is 19.9 Å². The van der Waals surface area contributed by atoms with E-state index in [0.29, 0.717) is 25.9 Å². The zero-order valence-corrected chi connectivity index (χ0v) is 19.9. The summed E-state index contributed by atoms with van der Waals surface area (Å²) >= 11 is 6.24. The van der Waals surface area contributed by atoms with Crippen LogP contribution in [0.25, 0.3) is 0 Å². The van der Waals surface area contributed by atoms with Crippen molar-refractivity contribution in [1.29, 1.82) is 0 Å². The van der Waals surface area contributed by atoms with Crippen molar-refractivity contribution in [3.63, 3.8) is 0 Å². The molecule has 7 nitrogen and oxygen atoms in total. The van der Waals surface area contributed by atoms with Crippen LogP contribution in [0.3, 0.4) is 0 Å². The van der Waals surface area contributed by atoms with Crippen molar-refractivity contribution < 1.29 is 4.79 Å². The van der Waals surface area contributed by atoms with Crippen LogP contribution in [0, 0.1) is 0 Å². The molecule has 35 heavy (non-hydrogen) atoms. The zero-order chi connectivity index (χ0) is 24.5. The summed E-state index contributed by atoms with van der Waals surface area (Å²) in [5, 5.41) is 6.17. The highest BCUT2D eigenvalue weighted by molar-refractivity contribution is 6.29. The van der Waals surface area contributed by atoms with Crippen LogP contribution in [0.5, 0.6) is 0 Å². The lowest BCUT2D eigenvalue weighted by Crippen LogP contribution is -2.43. The van der Waals surface area contributed by atoms with Crippen molar-refractivity contribution in [3.05, 3.63) is 124 Å². The maximum Gasteiger partial charge on any atom is 0.293 e. The molecule has 4 rings (SSSR count). The van der Waals surface area contributed by atoms with Crippen LogP contribution in [-0.2, 0) is 24.2 Å². The Hall–Kier alpha value is -3.97. The van der Waals surface area contributed by atoms with Gasteiger partial charge in [0, 0.05) is 37.5 Å². The minimum atomic E-state index is -0.718. The quantitative estimate of drug-likeness (QED) is 0.356. The third-order valence-electron chi connectivity index (χ3n) is 5.46. The van der Waals surface area contributed by atoms with E-state index in [2.05, 4.69) is 20.6 Å². The Kier molecular flexibility index (Phi) is 8.25. The Morgan fingerprint density at radius 3 is 2.31 bits per heavy atom. The maximum atomic E-state index is 13.2. The molecule has 0 aliphatic heterocycles. The van der Waals surface area contributed by atoms with Gasteiger partial charge in [-0.1, -0.05) is 78.3 Å². The molecule has 2 heterocycles. The Labute approximate surface area is 208 Å². The molecule has 0 radical (unpaired) electrons. The summed E-state index contributed by atoms with van der Waals surface area (Å²) in [6, 6.07) is 24.2. The number of carbonyl (C=O) groups is 1. The molecule has 2 aromatic carbocycles. The second-order valence-electron chi connectivity index (χ2n) is 8.08. The highest BCUT2D eigenvalue weighted by atomic mass is 35.5. The molecule has 4 aromatic rings. The first-order valence-electron chi connectivity index (χ1n) is 11.4. The minimum Gasteiger partial charge on any atom is -0.354 e. The largest absolute Gasteiger partial charge is 0.354 e.